The van der Waals surface area contributed by atoms with Crippen LogP contribution in [0.25, 0.3) is 0 Å². The van der Waals surface area contributed by atoms with E-state index in [0.717, 1.165) is 38.5 Å². The first-order valence-corrected chi connectivity index (χ1v) is 9.62. The van der Waals surface area contributed by atoms with Crippen molar-refractivity contribution in [3.8, 4) is 0 Å². The topological polar surface area (TPSA) is 64.7 Å². The molecule has 6 nitrogen and oxygen atoms in total. The monoisotopic (exact) mass is 348 g/mol. The second kappa shape index (κ2) is 7.77. The van der Waals surface area contributed by atoms with Gasteiger partial charge >= 0.3 is 6.03 Å². The molecule has 25 heavy (non-hydrogen) atoms. The van der Waals surface area contributed by atoms with E-state index in [1.165, 1.54) is 0 Å². The van der Waals surface area contributed by atoms with Crippen LogP contribution in [0.3, 0.4) is 0 Å². The third kappa shape index (κ3) is 4.35. The number of rotatable bonds is 4. The summed E-state index contributed by atoms with van der Waals surface area (Å²) in [5, 5.41) is 6.34. The first-order valence-electron chi connectivity index (χ1n) is 9.62. The van der Waals surface area contributed by atoms with Crippen molar-refractivity contribution in [2.75, 3.05) is 20.6 Å². The van der Waals surface area contributed by atoms with E-state index in [9.17, 15) is 9.59 Å². The Morgan fingerprint density at radius 2 is 1.72 bits per heavy atom. The molecule has 2 heterocycles. The van der Waals surface area contributed by atoms with Crippen LogP contribution in [0.1, 0.15) is 45.4 Å². The first kappa shape index (κ1) is 18.2. The van der Waals surface area contributed by atoms with Gasteiger partial charge in [-0.05, 0) is 44.4 Å². The first-order chi connectivity index (χ1) is 11.9. The number of fused-ring (bicyclic) bond motifs is 2. The molecule has 0 spiro atoms. The smallest absolute Gasteiger partial charge is 0.315 e. The van der Waals surface area contributed by atoms with E-state index in [-0.39, 0.29) is 24.0 Å². The summed E-state index contributed by atoms with van der Waals surface area (Å²) in [6, 6.07) is 1.26. The lowest BCUT2D eigenvalue weighted by Crippen LogP contribution is -2.55. The predicted molar refractivity (Wildman–Crippen MR) is 98.2 cm³/mol. The van der Waals surface area contributed by atoms with Gasteiger partial charge in [0.05, 0.1) is 6.54 Å². The standard InChI is InChI=1S/C19H32N4O2/c1-13-6-4-5-7-17(13)21-19(25)20-14-10-15-8-9-16(11-14)23(15)12-18(24)22(2)3/h4-5,13-17H,6-12H2,1-3H3,(H2,20,21,25)/t13-,14?,15?,16?,17-/m1/s1. The van der Waals surface area contributed by atoms with Gasteiger partial charge < -0.3 is 15.5 Å². The molecule has 0 radical (unpaired) electrons. The van der Waals surface area contributed by atoms with Gasteiger partial charge in [-0.15, -0.1) is 0 Å². The molecule has 2 unspecified atom stereocenters. The van der Waals surface area contributed by atoms with Crippen molar-refractivity contribution in [1.29, 1.82) is 0 Å². The number of amides is 3. The van der Waals surface area contributed by atoms with Crippen LogP contribution >= 0.6 is 0 Å². The van der Waals surface area contributed by atoms with E-state index in [2.05, 4.69) is 34.6 Å². The van der Waals surface area contributed by atoms with Gasteiger partial charge in [-0.25, -0.2) is 4.79 Å². The van der Waals surface area contributed by atoms with E-state index in [1.807, 2.05) is 14.1 Å². The fourth-order valence-corrected chi connectivity index (χ4v) is 4.49. The Hall–Kier alpha value is -1.56. The molecule has 1 aliphatic carbocycles. The van der Waals surface area contributed by atoms with Crippen LogP contribution in [0.4, 0.5) is 4.79 Å². The Labute approximate surface area is 151 Å². The summed E-state index contributed by atoms with van der Waals surface area (Å²) in [6.07, 6.45) is 10.5. The molecule has 2 saturated heterocycles. The fourth-order valence-electron chi connectivity index (χ4n) is 4.49. The minimum absolute atomic E-state index is 0.0330. The number of nitrogens with one attached hydrogen (secondary N) is 2. The molecule has 3 amide bonds. The number of hydrogen-bond acceptors (Lipinski definition) is 3. The zero-order valence-corrected chi connectivity index (χ0v) is 15.7. The van der Waals surface area contributed by atoms with Crippen LogP contribution in [0.2, 0.25) is 0 Å². The highest BCUT2D eigenvalue weighted by Crippen LogP contribution is 2.35. The van der Waals surface area contributed by atoms with Gasteiger partial charge in [-0.1, -0.05) is 19.1 Å². The van der Waals surface area contributed by atoms with Crippen molar-refractivity contribution in [3.05, 3.63) is 12.2 Å². The van der Waals surface area contributed by atoms with Gasteiger partial charge in [-0.3, -0.25) is 9.69 Å². The quantitative estimate of drug-likeness (QED) is 0.761. The number of hydrogen-bond donors (Lipinski definition) is 2. The van der Waals surface area contributed by atoms with Crippen LogP contribution in [-0.4, -0.2) is 66.5 Å². The summed E-state index contributed by atoms with van der Waals surface area (Å²) in [5.74, 6) is 0.659. The van der Waals surface area contributed by atoms with Gasteiger partial charge in [0.1, 0.15) is 0 Å². The second-order valence-corrected chi connectivity index (χ2v) is 8.16. The lowest BCUT2D eigenvalue weighted by atomic mass is 9.91. The Bertz CT molecular complexity index is 520. The maximum atomic E-state index is 12.4. The highest BCUT2D eigenvalue weighted by molar-refractivity contribution is 5.78. The van der Waals surface area contributed by atoms with E-state index in [0.29, 0.717) is 24.5 Å². The molecule has 4 atom stereocenters. The molecular weight excluding hydrogens is 316 g/mol. The summed E-state index contributed by atoms with van der Waals surface area (Å²) in [6.45, 7) is 2.70. The van der Waals surface area contributed by atoms with Crippen LogP contribution < -0.4 is 10.6 Å². The van der Waals surface area contributed by atoms with Gasteiger partial charge in [0, 0.05) is 38.3 Å². The molecule has 3 aliphatic rings. The molecule has 2 fully saturated rings. The summed E-state index contributed by atoms with van der Waals surface area (Å²) in [4.78, 5) is 28.4. The van der Waals surface area contributed by atoms with Gasteiger partial charge in [-0.2, -0.15) is 0 Å². The summed E-state index contributed by atoms with van der Waals surface area (Å²) in [5.41, 5.74) is 0. The van der Waals surface area contributed by atoms with Crippen molar-refractivity contribution in [1.82, 2.24) is 20.4 Å². The largest absolute Gasteiger partial charge is 0.348 e. The van der Waals surface area contributed by atoms with E-state index >= 15 is 0 Å². The third-order valence-corrected chi connectivity index (χ3v) is 6.10. The molecule has 0 aromatic heterocycles. The summed E-state index contributed by atoms with van der Waals surface area (Å²) >= 11 is 0. The lowest BCUT2D eigenvalue weighted by molar-refractivity contribution is -0.131. The molecular formula is C19H32N4O2. The number of allylic oxidation sites excluding steroid dienone is 1. The van der Waals surface area contributed by atoms with Crippen molar-refractivity contribution >= 4 is 11.9 Å². The van der Waals surface area contributed by atoms with Gasteiger partial charge in [0.2, 0.25) is 5.91 Å². The molecule has 140 valence electrons. The molecule has 0 aromatic rings. The number of carbonyl (C=O) groups is 2. The number of urea groups is 1. The highest BCUT2D eigenvalue weighted by atomic mass is 16.2. The zero-order chi connectivity index (χ0) is 18.0. The molecule has 0 aromatic carbocycles. The van der Waals surface area contributed by atoms with Crippen LogP contribution in [-0.2, 0) is 4.79 Å². The Morgan fingerprint density at radius 1 is 1.08 bits per heavy atom. The highest BCUT2D eigenvalue weighted by Gasteiger charge is 2.42. The molecule has 6 heteroatoms. The van der Waals surface area contributed by atoms with Gasteiger partial charge in [0.15, 0.2) is 0 Å². The number of nitrogens with zero attached hydrogens (tertiary/aromatic N) is 2. The van der Waals surface area contributed by atoms with Crippen LogP contribution in [0.5, 0.6) is 0 Å². The average molecular weight is 348 g/mol. The number of piperidine rings is 1. The SMILES string of the molecule is C[C@@H]1CC=CC[C@H]1NC(=O)NC1CC2CCC(C1)N2CC(=O)N(C)C. The molecule has 0 saturated carbocycles. The van der Waals surface area contributed by atoms with Crippen molar-refractivity contribution in [3.63, 3.8) is 0 Å². The third-order valence-electron chi connectivity index (χ3n) is 6.10. The molecule has 2 N–H and O–H groups in total. The maximum Gasteiger partial charge on any atom is 0.315 e. The van der Waals surface area contributed by atoms with Crippen LogP contribution in [0.15, 0.2) is 12.2 Å². The maximum absolute atomic E-state index is 12.4. The second-order valence-electron chi connectivity index (χ2n) is 8.16. The molecule has 2 aliphatic heterocycles. The van der Waals surface area contributed by atoms with Crippen molar-refractivity contribution in [2.24, 2.45) is 5.92 Å². The summed E-state index contributed by atoms with van der Waals surface area (Å²) in [7, 11) is 3.62. The Morgan fingerprint density at radius 3 is 2.32 bits per heavy atom. The Kier molecular flexibility index (Phi) is 5.67. The van der Waals surface area contributed by atoms with E-state index < -0.39 is 0 Å². The number of carbonyl (C=O) groups excluding carboxylic acids is 2. The normalized spacial score (nSPS) is 34.6. The minimum Gasteiger partial charge on any atom is -0.348 e. The molecule has 3 rings (SSSR count). The number of likely N-dealkylation sites (N-methyl/N-ethyl adjacent to an activating group) is 1. The lowest BCUT2D eigenvalue weighted by Gasteiger charge is -2.39. The molecule has 2 bridgehead atoms. The van der Waals surface area contributed by atoms with Crippen molar-refractivity contribution < 1.29 is 9.59 Å². The average Bonchev–Trinajstić information content (AvgIpc) is 2.79. The van der Waals surface area contributed by atoms with Crippen molar-refractivity contribution in [2.45, 2.75) is 69.6 Å². The fraction of sp³-hybridized carbons (Fsp3) is 0.789. The van der Waals surface area contributed by atoms with E-state index in [4.69, 9.17) is 0 Å². The minimum atomic E-state index is -0.0330. The predicted octanol–water partition coefficient (Wildman–Crippen LogP) is 1.72. The summed E-state index contributed by atoms with van der Waals surface area (Å²) < 4.78 is 0. The van der Waals surface area contributed by atoms with Crippen LogP contribution in [0, 0.1) is 5.92 Å². The zero-order valence-electron chi connectivity index (χ0n) is 15.7. The van der Waals surface area contributed by atoms with Gasteiger partial charge in [0.25, 0.3) is 0 Å². The van der Waals surface area contributed by atoms with E-state index in [1.54, 1.807) is 4.90 Å². The Balaban J connectivity index is 1.49.